The van der Waals surface area contributed by atoms with Crippen LogP contribution in [-0.4, -0.2) is 42.1 Å². The van der Waals surface area contributed by atoms with Gasteiger partial charge in [0.15, 0.2) is 0 Å². The van der Waals surface area contributed by atoms with Crippen LogP contribution in [0.2, 0.25) is 0 Å². The number of phenols is 1. The second-order valence-electron chi connectivity index (χ2n) is 4.78. The summed E-state index contributed by atoms with van der Waals surface area (Å²) in [4.78, 5) is 25.2. The molecule has 1 aromatic carbocycles. The van der Waals surface area contributed by atoms with Crippen LogP contribution < -0.4 is 0 Å². The minimum absolute atomic E-state index is 0.103. The molecule has 1 heterocycles. The Labute approximate surface area is 116 Å². The number of carbonyl (C=O) groups excluding carboxylic acids is 2. The van der Waals surface area contributed by atoms with Crippen molar-refractivity contribution in [1.29, 1.82) is 0 Å². The fourth-order valence-electron chi connectivity index (χ4n) is 2.37. The van der Waals surface area contributed by atoms with Crippen molar-refractivity contribution in [3.63, 3.8) is 0 Å². The van der Waals surface area contributed by atoms with Crippen molar-refractivity contribution >= 4 is 11.9 Å². The molecule has 1 saturated heterocycles. The zero-order valence-electron chi connectivity index (χ0n) is 11.1. The number of methoxy groups -OCH3 is 1. The summed E-state index contributed by atoms with van der Waals surface area (Å²) in [6, 6.07) is 3.40. The molecular weight excluding hydrogens is 265 g/mol. The molecule has 1 fully saturated rings. The summed E-state index contributed by atoms with van der Waals surface area (Å²) in [6.45, 7) is 0.707. The van der Waals surface area contributed by atoms with E-state index in [0.29, 0.717) is 19.4 Å². The third-order valence-electron chi connectivity index (χ3n) is 3.43. The van der Waals surface area contributed by atoms with E-state index in [1.54, 1.807) is 0 Å². The average Bonchev–Trinajstić information content (AvgIpc) is 2.46. The molecule has 108 valence electrons. The van der Waals surface area contributed by atoms with Gasteiger partial charge in [0.05, 0.1) is 18.6 Å². The lowest BCUT2D eigenvalue weighted by Gasteiger charge is -2.31. The maximum absolute atomic E-state index is 13.7. The lowest BCUT2D eigenvalue weighted by molar-refractivity contribution is -0.146. The number of ether oxygens (including phenoxy) is 1. The van der Waals surface area contributed by atoms with Crippen LogP contribution in [0, 0.1) is 11.7 Å². The third kappa shape index (κ3) is 2.89. The molecule has 1 atom stereocenters. The zero-order valence-corrected chi connectivity index (χ0v) is 11.1. The van der Waals surface area contributed by atoms with Gasteiger partial charge in [-0.1, -0.05) is 0 Å². The van der Waals surface area contributed by atoms with Crippen LogP contribution in [0.3, 0.4) is 0 Å². The van der Waals surface area contributed by atoms with Crippen molar-refractivity contribution in [1.82, 2.24) is 4.90 Å². The highest BCUT2D eigenvalue weighted by molar-refractivity contribution is 5.95. The molecule has 1 amide bonds. The molecule has 0 unspecified atom stereocenters. The molecule has 1 aliphatic heterocycles. The summed E-state index contributed by atoms with van der Waals surface area (Å²) in [7, 11) is 1.31. The van der Waals surface area contributed by atoms with Crippen LogP contribution in [-0.2, 0) is 9.53 Å². The number of phenolic OH excluding ortho intramolecular Hbond substituents is 1. The molecule has 0 spiro atoms. The SMILES string of the molecule is COC(=O)[C@H]1CCCN(C(=O)c2ccc(O)cc2F)C1. The Morgan fingerprint density at radius 1 is 1.45 bits per heavy atom. The largest absolute Gasteiger partial charge is 0.508 e. The summed E-state index contributed by atoms with van der Waals surface area (Å²) in [6.07, 6.45) is 1.33. The van der Waals surface area contributed by atoms with E-state index in [9.17, 15) is 14.0 Å². The smallest absolute Gasteiger partial charge is 0.310 e. The highest BCUT2D eigenvalue weighted by atomic mass is 19.1. The summed E-state index contributed by atoms with van der Waals surface area (Å²) in [5.74, 6) is -2.19. The topological polar surface area (TPSA) is 66.8 Å². The molecule has 0 radical (unpaired) electrons. The number of likely N-dealkylation sites (tertiary alicyclic amines) is 1. The number of piperidine rings is 1. The highest BCUT2D eigenvalue weighted by Gasteiger charge is 2.30. The number of rotatable bonds is 2. The summed E-state index contributed by atoms with van der Waals surface area (Å²) in [5, 5.41) is 9.15. The molecule has 0 saturated carbocycles. The summed E-state index contributed by atoms with van der Waals surface area (Å²) in [5.41, 5.74) is -0.103. The highest BCUT2D eigenvalue weighted by Crippen LogP contribution is 2.22. The van der Waals surface area contributed by atoms with Crippen molar-refractivity contribution < 1.29 is 23.8 Å². The van der Waals surface area contributed by atoms with E-state index >= 15 is 0 Å². The predicted molar refractivity (Wildman–Crippen MR) is 68.7 cm³/mol. The Bertz CT molecular complexity index is 532. The molecular formula is C14H16FNO4. The Hall–Kier alpha value is -2.11. The van der Waals surface area contributed by atoms with E-state index < -0.39 is 11.7 Å². The van der Waals surface area contributed by atoms with Crippen LogP contribution in [0.25, 0.3) is 0 Å². The summed E-state index contributed by atoms with van der Waals surface area (Å²) < 4.78 is 18.4. The van der Waals surface area contributed by atoms with Crippen molar-refractivity contribution in [2.75, 3.05) is 20.2 Å². The van der Waals surface area contributed by atoms with Gasteiger partial charge in [0.1, 0.15) is 11.6 Å². The Kier molecular flexibility index (Phi) is 4.22. The maximum Gasteiger partial charge on any atom is 0.310 e. The van der Waals surface area contributed by atoms with E-state index in [1.165, 1.54) is 24.1 Å². The molecule has 1 aliphatic rings. The van der Waals surface area contributed by atoms with E-state index in [2.05, 4.69) is 4.74 Å². The quantitative estimate of drug-likeness (QED) is 0.835. The minimum atomic E-state index is -0.768. The third-order valence-corrected chi connectivity index (χ3v) is 3.43. The molecule has 20 heavy (non-hydrogen) atoms. The fourth-order valence-corrected chi connectivity index (χ4v) is 2.37. The van der Waals surface area contributed by atoms with Gasteiger partial charge in [-0.2, -0.15) is 0 Å². The molecule has 1 N–H and O–H groups in total. The molecule has 5 nitrogen and oxygen atoms in total. The van der Waals surface area contributed by atoms with Crippen molar-refractivity contribution in [2.24, 2.45) is 5.92 Å². The first kappa shape index (κ1) is 14.3. The standard InChI is InChI=1S/C14H16FNO4/c1-20-14(19)9-3-2-6-16(8-9)13(18)11-5-4-10(17)7-12(11)15/h4-5,7,9,17H,2-3,6,8H2,1H3/t9-/m0/s1. The van der Waals surface area contributed by atoms with Crippen molar-refractivity contribution in [3.8, 4) is 5.75 Å². The van der Waals surface area contributed by atoms with Crippen molar-refractivity contribution in [2.45, 2.75) is 12.8 Å². The number of benzene rings is 1. The average molecular weight is 281 g/mol. The van der Waals surface area contributed by atoms with Crippen molar-refractivity contribution in [3.05, 3.63) is 29.6 Å². The number of hydrogen-bond donors (Lipinski definition) is 1. The van der Waals surface area contributed by atoms with Gasteiger partial charge in [0.2, 0.25) is 0 Å². The second kappa shape index (κ2) is 5.90. The van der Waals surface area contributed by atoms with Crippen LogP contribution in [0.15, 0.2) is 18.2 Å². The van der Waals surface area contributed by atoms with Gasteiger partial charge in [0.25, 0.3) is 5.91 Å². The number of hydrogen-bond acceptors (Lipinski definition) is 4. The first-order valence-electron chi connectivity index (χ1n) is 6.38. The Balaban J connectivity index is 2.14. The van der Waals surface area contributed by atoms with Crippen LogP contribution in [0.4, 0.5) is 4.39 Å². The number of carbonyl (C=O) groups is 2. The Morgan fingerprint density at radius 3 is 2.85 bits per heavy atom. The number of nitrogens with zero attached hydrogens (tertiary/aromatic N) is 1. The zero-order chi connectivity index (χ0) is 14.7. The van der Waals surface area contributed by atoms with E-state index in [0.717, 1.165) is 6.07 Å². The normalized spacial score (nSPS) is 18.7. The first-order chi connectivity index (χ1) is 9.52. The number of esters is 1. The number of amides is 1. The lowest BCUT2D eigenvalue weighted by Crippen LogP contribution is -2.42. The molecule has 0 bridgehead atoms. The second-order valence-corrected chi connectivity index (χ2v) is 4.78. The number of halogens is 1. The monoisotopic (exact) mass is 281 g/mol. The van der Waals surface area contributed by atoms with E-state index in [-0.39, 0.29) is 29.7 Å². The van der Waals surface area contributed by atoms with Gasteiger partial charge in [-0.05, 0) is 25.0 Å². The molecule has 0 aromatic heterocycles. The molecule has 2 rings (SSSR count). The van der Waals surface area contributed by atoms with Gasteiger partial charge < -0.3 is 14.7 Å². The lowest BCUT2D eigenvalue weighted by atomic mass is 9.97. The van der Waals surface area contributed by atoms with Crippen LogP contribution >= 0.6 is 0 Å². The van der Waals surface area contributed by atoms with Crippen LogP contribution in [0.1, 0.15) is 23.2 Å². The van der Waals surface area contributed by atoms with Gasteiger partial charge in [0, 0.05) is 19.2 Å². The van der Waals surface area contributed by atoms with Gasteiger partial charge in [-0.15, -0.1) is 0 Å². The molecule has 1 aromatic rings. The van der Waals surface area contributed by atoms with Gasteiger partial charge in [-0.3, -0.25) is 9.59 Å². The first-order valence-corrected chi connectivity index (χ1v) is 6.38. The maximum atomic E-state index is 13.7. The van der Waals surface area contributed by atoms with Gasteiger partial charge in [-0.25, -0.2) is 4.39 Å². The van der Waals surface area contributed by atoms with E-state index in [1.807, 2.05) is 0 Å². The summed E-state index contributed by atoms with van der Waals surface area (Å²) >= 11 is 0. The molecule has 0 aliphatic carbocycles. The minimum Gasteiger partial charge on any atom is -0.508 e. The fraction of sp³-hybridized carbons (Fsp3) is 0.429. The van der Waals surface area contributed by atoms with Crippen LogP contribution in [0.5, 0.6) is 5.75 Å². The van der Waals surface area contributed by atoms with E-state index in [4.69, 9.17) is 5.11 Å². The number of aromatic hydroxyl groups is 1. The molecule has 6 heteroatoms. The Morgan fingerprint density at radius 2 is 2.20 bits per heavy atom. The van der Waals surface area contributed by atoms with Gasteiger partial charge >= 0.3 is 5.97 Å². The predicted octanol–water partition coefficient (Wildman–Crippen LogP) is 1.56.